The molecule has 0 saturated heterocycles. The Balaban J connectivity index is 1.35. The third kappa shape index (κ3) is 5.48. The Hall–Kier alpha value is -4.35. The lowest BCUT2D eigenvalue weighted by molar-refractivity contribution is 0.0532. The van der Waals surface area contributed by atoms with E-state index in [9.17, 15) is 14.4 Å². The summed E-state index contributed by atoms with van der Waals surface area (Å²) in [4.78, 5) is 50.3. The molecule has 0 aliphatic carbocycles. The minimum Gasteiger partial charge on any atom is -0.462 e. The maximum atomic E-state index is 13.0. The van der Waals surface area contributed by atoms with Crippen LogP contribution in [-0.2, 0) is 4.74 Å². The Bertz CT molecular complexity index is 1660. The third-order valence-electron chi connectivity index (χ3n) is 5.49. The van der Waals surface area contributed by atoms with Crippen molar-refractivity contribution < 1.29 is 19.1 Å². The van der Waals surface area contributed by atoms with E-state index in [1.54, 1.807) is 55.7 Å². The van der Waals surface area contributed by atoms with Crippen molar-refractivity contribution in [3.8, 4) is 11.3 Å². The molecule has 0 fully saturated rings. The number of nitrogens with one attached hydrogen (secondary N) is 3. The number of carbonyl (C=O) groups excluding carboxylic acids is 3. The number of H-pyrrole nitrogens is 1. The first kappa shape index (κ1) is 25.3. The molecule has 5 rings (SSSR count). The summed E-state index contributed by atoms with van der Waals surface area (Å²) in [5, 5.41) is 5.81. The monoisotopic (exact) mass is 589 g/mol. The lowest BCUT2D eigenvalue weighted by Gasteiger charge is -2.08. The van der Waals surface area contributed by atoms with Crippen LogP contribution in [0, 0.1) is 0 Å². The highest BCUT2D eigenvalue weighted by atomic mass is 79.9. The highest BCUT2D eigenvalue weighted by molar-refractivity contribution is 9.10. The molecule has 190 valence electrons. The molecule has 3 aromatic carbocycles. The van der Waals surface area contributed by atoms with Crippen LogP contribution in [0.1, 0.15) is 37.3 Å². The number of aromatic amines is 1. The van der Waals surface area contributed by atoms with Gasteiger partial charge in [0.05, 0.1) is 29.7 Å². The SMILES string of the molecule is CCOC(=O)c1sc(NC(=O)c2cccc(NC(=O)c3ccc4nc[nH]c4c3)c2)nc1-c1ccc(Br)cc1. The van der Waals surface area contributed by atoms with Crippen molar-refractivity contribution in [2.24, 2.45) is 0 Å². The van der Waals surface area contributed by atoms with Crippen molar-refractivity contribution >= 4 is 66.9 Å². The molecule has 2 amide bonds. The second-order valence-corrected chi connectivity index (χ2v) is 9.96. The van der Waals surface area contributed by atoms with Gasteiger partial charge < -0.3 is 15.0 Å². The Morgan fingerprint density at radius 2 is 1.74 bits per heavy atom. The van der Waals surface area contributed by atoms with E-state index >= 15 is 0 Å². The number of benzene rings is 3. The Kier molecular flexibility index (Phi) is 7.29. The van der Waals surface area contributed by atoms with Gasteiger partial charge in [0.15, 0.2) is 5.13 Å². The van der Waals surface area contributed by atoms with Gasteiger partial charge >= 0.3 is 5.97 Å². The molecule has 9 nitrogen and oxygen atoms in total. The molecule has 3 N–H and O–H groups in total. The van der Waals surface area contributed by atoms with E-state index in [-0.39, 0.29) is 17.6 Å². The lowest BCUT2D eigenvalue weighted by atomic mass is 10.1. The van der Waals surface area contributed by atoms with Crippen LogP contribution in [0.3, 0.4) is 0 Å². The minimum atomic E-state index is -0.513. The van der Waals surface area contributed by atoms with Crippen molar-refractivity contribution in [1.82, 2.24) is 15.0 Å². The zero-order chi connectivity index (χ0) is 26.6. The predicted molar refractivity (Wildman–Crippen MR) is 150 cm³/mol. The molecule has 0 atom stereocenters. The fourth-order valence-electron chi connectivity index (χ4n) is 3.70. The number of esters is 1. The normalized spacial score (nSPS) is 10.8. The summed E-state index contributed by atoms with van der Waals surface area (Å²) in [6.45, 7) is 1.94. The number of imidazole rings is 1. The van der Waals surface area contributed by atoms with Gasteiger partial charge in [-0.2, -0.15) is 0 Å². The Morgan fingerprint density at radius 1 is 0.974 bits per heavy atom. The molecular formula is C27H20BrN5O4S. The fourth-order valence-corrected chi connectivity index (χ4v) is 4.84. The number of ether oxygens (including phenoxy) is 1. The van der Waals surface area contributed by atoms with Gasteiger partial charge in [-0.1, -0.05) is 45.5 Å². The van der Waals surface area contributed by atoms with Crippen molar-refractivity contribution in [2.45, 2.75) is 6.92 Å². The first-order chi connectivity index (χ1) is 18.4. The van der Waals surface area contributed by atoms with E-state index in [1.165, 1.54) is 0 Å². The summed E-state index contributed by atoms with van der Waals surface area (Å²) >= 11 is 4.44. The smallest absolute Gasteiger partial charge is 0.350 e. The average Bonchev–Trinajstić information content (AvgIpc) is 3.56. The molecular weight excluding hydrogens is 570 g/mol. The summed E-state index contributed by atoms with van der Waals surface area (Å²) < 4.78 is 6.07. The van der Waals surface area contributed by atoms with Gasteiger partial charge in [-0.25, -0.2) is 14.8 Å². The maximum absolute atomic E-state index is 13.0. The summed E-state index contributed by atoms with van der Waals surface area (Å²) in [5.41, 5.74) is 3.86. The number of aromatic nitrogens is 3. The van der Waals surface area contributed by atoms with Crippen molar-refractivity contribution in [3.63, 3.8) is 0 Å². The van der Waals surface area contributed by atoms with E-state index in [4.69, 9.17) is 4.74 Å². The zero-order valence-electron chi connectivity index (χ0n) is 19.9. The topological polar surface area (TPSA) is 126 Å². The molecule has 2 heterocycles. The number of halogens is 1. The van der Waals surface area contributed by atoms with Gasteiger partial charge in [-0.05, 0) is 55.5 Å². The van der Waals surface area contributed by atoms with E-state index in [0.717, 1.165) is 26.8 Å². The number of amides is 2. The summed E-state index contributed by atoms with van der Waals surface area (Å²) in [7, 11) is 0. The second kappa shape index (κ2) is 11.0. The summed E-state index contributed by atoms with van der Waals surface area (Å²) in [5.74, 6) is -1.27. The molecule has 0 spiro atoms. The van der Waals surface area contributed by atoms with Crippen molar-refractivity contribution in [2.75, 3.05) is 17.2 Å². The fraction of sp³-hybridized carbons (Fsp3) is 0.0741. The standard InChI is InChI=1S/C27H20BrN5O4S/c1-2-37-26(36)23-22(15-6-9-18(28)10-7-15)32-27(38-23)33-25(35)16-4-3-5-19(12-16)31-24(34)17-8-11-20-21(13-17)30-14-29-20/h3-14H,2H2,1H3,(H,29,30)(H,31,34)(H,32,33,35). The molecule has 0 radical (unpaired) electrons. The summed E-state index contributed by atoms with van der Waals surface area (Å²) in [6.07, 6.45) is 1.56. The summed E-state index contributed by atoms with van der Waals surface area (Å²) in [6, 6.07) is 19.0. The van der Waals surface area contributed by atoms with Crippen LogP contribution in [0.4, 0.5) is 10.8 Å². The van der Waals surface area contributed by atoms with Gasteiger partial charge in [0, 0.05) is 26.9 Å². The van der Waals surface area contributed by atoms with E-state index in [1.807, 2.05) is 24.3 Å². The number of nitrogens with zero attached hydrogens (tertiary/aromatic N) is 2. The van der Waals surface area contributed by atoms with Crippen LogP contribution < -0.4 is 10.6 Å². The largest absolute Gasteiger partial charge is 0.462 e. The number of anilines is 2. The zero-order valence-corrected chi connectivity index (χ0v) is 22.4. The average molecular weight is 590 g/mol. The van der Waals surface area contributed by atoms with Gasteiger partial charge in [0.1, 0.15) is 4.88 Å². The highest BCUT2D eigenvalue weighted by Crippen LogP contribution is 2.33. The van der Waals surface area contributed by atoms with Crippen LogP contribution in [-0.4, -0.2) is 39.3 Å². The van der Waals surface area contributed by atoms with Gasteiger partial charge in [0.2, 0.25) is 0 Å². The molecule has 5 aromatic rings. The quantitative estimate of drug-likeness (QED) is 0.196. The van der Waals surface area contributed by atoms with Crippen LogP contribution in [0.5, 0.6) is 0 Å². The Morgan fingerprint density at radius 3 is 2.53 bits per heavy atom. The molecule has 0 unspecified atom stereocenters. The van der Waals surface area contributed by atoms with Crippen LogP contribution in [0.25, 0.3) is 22.3 Å². The lowest BCUT2D eigenvalue weighted by Crippen LogP contribution is -2.14. The number of fused-ring (bicyclic) bond motifs is 1. The minimum absolute atomic E-state index is 0.215. The van der Waals surface area contributed by atoms with E-state index in [2.05, 4.69) is 41.5 Å². The van der Waals surface area contributed by atoms with Crippen molar-refractivity contribution in [3.05, 3.63) is 93.5 Å². The number of hydrogen-bond acceptors (Lipinski definition) is 7. The third-order valence-corrected chi connectivity index (χ3v) is 6.97. The molecule has 0 saturated carbocycles. The molecule has 38 heavy (non-hydrogen) atoms. The van der Waals surface area contributed by atoms with E-state index in [0.29, 0.717) is 32.9 Å². The van der Waals surface area contributed by atoms with Crippen LogP contribution >= 0.6 is 27.3 Å². The van der Waals surface area contributed by atoms with Crippen LogP contribution in [0.2, 0.25) is 0 Å². The van der Waals surface area contributed by atoms with Crippen LogP contribution in [0.15, 0.2) is 77.5 Å². The highest BCUT2D eigenvalue weighted by Gasteiger charge is 2.22. The number of hydrogen-bond donors (Lipinski definition) is 3. The Labute approximate surface area is 229 Å². The first-order valence-corrected chi connectivity index (χ1v) is 13.1. The first-order valence-electron chi connectivity index (χ1n) is 11.5. The van der Waals surface area contributed by atoms with Gasteiger partial charge in [0.25, 0.3) is 11.8 Å². The van der Waals surface area contributed by atoms with Gasteiger partial charge in [-0.3, -0.25) is 14.9 Å². The molecule has 0 aliphatic rings. The predicted octanol–water partition coefficient (Wildman–Crippen LogP) is 6.13. The maximum Gasteiger partial charge on any atom is 0.350 e. The van der Waals surface area contributed by atoms with Crippen molar-refractivity contribution in [1.29, 1.82) is 0 Å². The molecule has 0 bridgehead atoms. The van der Waals surface area contributed by atoms with Gasteiger partial charge in [-0.15, -0.1) is 0 Å². The molecule has 2 aromatic heterocycles. The van der Waals surface area contributed by atoms with E-state index < -0.39 is 11.9 Å². The number of thiazole rings is 1. The second-order valence-electron chi connectivity index (χ2n) is 8.05. The molecule has 0 aliphatic heterocycles. The molecule has 11 heteroatoms. The number of carbonyl (C=O) groups is 3. The number of rotatable bonds is 7.